The lowest BCUT2D eigenvalue weighted by Crippen LogP contribution is -2.03. The molecule has 0 bridgehead atoms. The predicted molar refractivity (Wildman–Crippen MR) is 33.1 cm³/mol. The minimum atomic E-state index is 1.05. The molecule has 0 aliphatic rings. The van der Waals surface area contributed by atoms with Crippen molar-refractivity contribution in [3.63, 3.8) is 0 Å². The molecule has 0 aliphatic heterocycles. The van der Waals surface area contributed by atoms with Crippen LogP contribution in [0, 0.1) is 0 Å². The summed E-state index contributed by atoms with van der Waals surface area (Å²) in [4.78, 5) is 3.00. The summed E-state index contributed by atoms with van der Waals surface area (Å²) < 4.78 is 0. The molecule has 1 rings (SSSR count). The lowest BCUT2D eigenvalue weighted by molar-refractivity contribution is -0.380. The summed E-state index contributed by atoms with van der Waals surface area (Å²) in [5.74, 6) is 0. The van der Waals surface area contributed by atoms with Gasteiger partial charge in [-0.3, -0.25) is 0 Å². The fourth-order valence-corrected chi connectivity index (χ4v) is 0.534. The first-order valence-electron chi connectivity index (χ1n) is 2.52. The molecular weight excluding hydrogens is 98.1 g/mol. The van der Waals surface area contributed by atoms with Crippen molar-refractivity contribution in [1.29, 1.82) is 0 Å². The highest BCUT2D eigenvalue weighted by molar-refractivity contribution is 5.36. The molecule has 40 valence electrons. The fraction of sp³-hybridized carbons (Fsp3) is 0. The molecule has 0 saturated carbocycles. The van der Waals surface area contributed by atoms with Crippen LogP contribution in [0.4, 0.5) is 0 Å². The molecule has 1 N–H and O–H groups in total. The van der Waals surface area contributed by atoms with E-state index in [2.05, 4.69) is 11.6 Å². The first-order chi connectivity index (χ1) is 3.93. The Labute approximate surface area is 48.7 Å². The summed E-state index contributed by atoms with van der Waals surface area (Å²) in [7, 11) is 0. The van der Waals surface area contributed by atoms with Crippen LogP contribution < -0.4 is 4.98 Å². The highest BCUT2D eigenvalue weighted by atomic mass is 14.6. The monoisotopic (exact) mass is 106 g/mol. The van der Waals surface area contributed by atoms with Crippen LogP contribution in [0.2, 0.25) is 0 Å². The standard InChI is InChI=1S/C7H7N/c1-2-7-5-3-4-6-8-7/h2-6H,1H2/p+1. The number of hydrogen-bond donors (Lipinski definition) is 0. The lowest BCUT2D eigenvalue weighted by atomic mass is 10.4. The van der Waals surface area contributed by atoms with Gasteiger partial charge in [0.05, 0.1) is 0 Å². The second-order valence-corrected chi connectivity index (χ2v) is 1.52. The molecule has 0 fully saturated rings. The van der Waals surface area contributed by atoms with Gasteiger partial charge in [0.25, 0.3) is 0 Å². The zero-order chi connectivity index (χ0) is 5.82. The van der Waals surface area contributed by atoms with Gasteiger partial charge in [0.2, 0.25) is 5.69 Å². The van der Waals surface area contributed by atoms with Crippen LogP contribution in [0.15, 0.2) is 31.0 Å². The molecule has 1 nitrogen and oxygen atoms in total. The fourth-order valence-electron chi connectivity index (χ4n) is 0.534. The molecule has 0 unspecified atom stereocenters. The van der Waals surface area contributed by atoms with Crippen molar-refractivity contribution in [1.82, 2.24) is 0 Å². The molecule has 0 amide bonds. The average molecular weight is 106 g/mol. The maximum Gasteiger partial charge on any atom is 0.202 e. The van der Waals surface area contributed by atoms with E-state index in [9.17, 15) is 0 Å². The van der Waals surface area contributed by atoms with Gasteiger partial charge in [-0.05, 0) is 6.07 Å². The van der Waals surface area contributed by atoms with Gasteiger partial charge in [-0.2, -0.15) is 0 Å². The number of hydrogen-bond acceptors (Lipinski definition) is 0. The minimum absolute atomic E-state index is 1.05. The van der Waals surface area contributed by atoms with Crippen molar-refractivity contribution in [2.24, 2.45) is 0 Å². The Kier molecular flexibility index (Phi) is 1.42. The van der Waals surface area contributed by atoms with Crippen molar-refractivity contribution in [3.8, 4) is 0 Å². The van der Waals surface area contributed by atoms with E-state index in [0.29, 0.717) is 0 Å². The van der Waals surface area contributed by atoms with Crippen LogP contribution >= 0.6 is 0 Å². The number of H-pyrrole nitrogens is 1. The second kappa shape index (κ2) is 2.26. The average Bonchev–Trinajstić information content (AvgIpc) is 1.90. The van der Waals surface area contributed by atoms with Gasteiger partial charge in [-0.1, -0.05) is 6.58 Å². The zero-order valence-corrected chi connectivity index (χ0v) is 4.59. The number of rotatable bonds is 1. The van der Waals surface area contributed by atoms with Crippen molar-refractivity contribution in [2.75, 3.05) is 0 Å². The molecule has 0 aliphatic carbocycles. The van der Waals surface area contributed by atoms with E-state index in [-0.39, 0.29) is 0 Å². The van der Waals surface area contributed by atoms with E-state index in [1.807, 2.05) is 24.4 Å². The van der Waals surface area contributed by atoms with Crippen molar-refractivity contribution < 1.29 is 4.98 Å². The summed E-state index contributed by atoms with van der Waals surface area (Å²) in [6, 6.07) is 5.87. The molecule has 0 radical (unpaired) electrons. The van der Waals surface area contributed by atoms with Gasteiger partial charge in [0, 0.05) is 18.2 Å². The third kappa shape index (κ3) is 0.936. The zero-order valence-electron chi connectivity index (χ0n) is 4.59. The number of aromatic amines is 1. The van der Waals surface area contributed by atoms with E-state index < -0.39 is 0 Å². The molecule has 1 aromatic heterocycles. The van der Waals surface area contributed by atoms with Crippen molar-refractivity contribution in [3.05, 3.63) is 36.7 Å². The highest BCUT2D eigenvalue weighted by Crippen LogP contribution is 1.86. The van der Waals surface area contributed by atoms with E-state index in [1.165, 1.54) is 0 Å². The summed E-state index contributed by atoms with van der Waals surface area (Å²) >= 11 is 0. The van der Waals surface area contributed by atoms with Gasteiger partial charge in [0.1, 0.15) is 0 Å². The van der Waals surface area contributed by atoms with Crippen LogP contribution in [0.5, 0.6) is 0 Å². The summed E-state index contributed by atoms with van der Waals surface area (Å²) in [5, 5.41) is 0. The van der Waals surface area contributed by atoms with Gasteiger partial charge in [-0.15, -0.1) is 0 Å². The summed E-state index contributed by atoms with van der Waals surface area (Å²) in [5.41, 5.74) is 1.05. The van der Waals surface area contributed by atoms with Crippen molar-refractivity contribution in [2.45, 2.75) is 0 Å². The Bertz CT molecular complexity index is 167. The molecule has 0 spiro atoms. The largest absolute Gasteiger partial charge is 0.212 e. The molecule has 8 heavy (non-hydrogen) atoms. The van der Waals surface area contributed by atoms with E-state index in [0.717, 1.165) is 5.69 Å². The molecule has 0 aromatic carbocycles. The highest BCUT2D eigenvalue weighted by Gasteiger charge is 1.85. The maximum absolute atomic E-state index is 3.60. The third-order valence-electron chi connectivity index (χ3n) is 0.953. The lowest BCUT2D eigenvalue weighted by Gasteiger charge is -1.77. The van der Waals surface area contributed by atoms with E-state index >= 15 is 0 Å². The summed E-state index contributed by atoms with van der Waals surface area (Å²) in [6.45, 7) is 3.60. The maximum atomic E-state index is 3.60. The van der Waals surface area contributed by atoms with E-state index in [4.69, 9.17) is 0 Å². The molecule has 1 aromatic rings. The van der Waals surface area contributed by atoms with E-state index in [1.54, 1.807) is 6.08 Å². The molecular formula is C7H8N+. The third-order valence-corrected chi connectivity index (χ3v) is 0.953. The number of pyridine rings is 1. The van der Waals surface area contributed by atoms with Crippen LogP contribution in [-0.2, 0) is 0 Å². The Hall–Kier alpha value is -1.11. The first-order valence-corrected chi connectivity index (χ1v) is 2.52. The Balaban J connectivity index is 2.99. The van der Waals surface area contributed by atoms with Crippen LogP contribution in [0.3, 0.4) is 0 Å². The molecule has 0 atom stereocenters. The Morgan fingerprint density at radius 3 is 2.75 bits per heavy atom. The van der Waals surface area contributed by atoms with Gasteiger partial charge in [0.15, 0.2) is 6.20 Å². The van der Waals surface area contributed by atoms with Gasteiger partial charge in [-0.25, -0.2) is 4.98 Å². The van der Waals surface area contributed by atoms with Gasteiger partial charge >= 0.3 is 0 Å². The SMILES string of the molecule is C=Cc1cccc[nH+]1. The quantitative estimate of drug-likeness (QED) is 0.509. The molecule has 1 heteroatoms. The predicted octanol–water partition coefficient (Wildman–Crippen LogP) is 1.14. The smallest absolute Gasteiger partial charge is 0.202 e. The second-order valence-electron chi connectivity index (χ2n) is 1.52. The number of aromatic nitrogens is 1. The Morgan fingerprint density at radius 2 is 2.38 bits per heavy atom. The van der Waals surface area contributed by atoms with Crippen molar-refractivity contribution >= 4 is 6.08 Å². The molecule has 1 heterocycles. The summed E-state index contributed by atoms with van der Waals surface area (Å²) in [6.07, 6.45) is 3.65. The van der Waals surface area contributed by atoms with Crippen LogP contribution in [0.25, 0.3) is 6.08 Å². The topological polar surface area (TPSA) is 14.1 Å². The normalized spacial score (nSPS) is 8.50. The van der Waals surface area contributed by atoms with Gasteiger partial charge < -0.3 is 0 Å². The van der Waals surface area contributed by atoms with Crippen LogP contribution in [0.1, 0.15) is 5.69 Å². The van der Waals surface area contributed by atoms with Crippen LogP contribution in [-0.4, -0.2) is 0 Å². The Morgan fingerprint density at radius 1 is 1.50 bits per heavy atom. The minimum Gasteiger partial charge on any atom is -0.212 e. The first kappa shape index (κ1) is 5.04. The molecule has 0 saturated heterocycles. The number of nitrogens with one attached hydrogen (secondary N) is 1.